The number of aromatic nitrogens is 2. The van der Waals surface area contributed by atoms with Crippen LogP contribution in [0.15, 0.2) is 41.0 Å². The van der Waals surface area contributed by atoms with Crippen molar-refractivity contribution < 1.29 is 0 Å². The van der Waals surface area contributed by atoms with Crippen molar-refractivity contribution in [2.24, 2.45) is 0 Å². The average Bonchev–Trinajstić information content (AvgIpc) is 2.39. The van der Waals surface area contributed by atoms with Gasteiger partial charge in [0.25, 0.3) is 0 Å². The summed E-state index contributed by atoms with van der Waals surface area (Å²) in [6.07, 6.45) is 0. The zero-order valence-electron chi connectivity index (χ0n) is 11.5. The molecule has 0 atom stereocenters. The Hall–Kier alpha value is -1.42. The maximum atomic E-state index is 4.61. The number of nitrogens with zero attached hydrogens (tertiary/aromatic N) is 3. The van der Waals surface area contributed by atoms with Crippen LogP contribution >= 0.6 is 15.9 Å². The lowest BCUT2D eigenvalue weighted by Crippen LogP contribution is -2.18. The summed E-state index contributed by atoms with van der Waals surface area (Å²) in [5.74, 6) is 2.13. The van der Waals surface area contributed by atoms with Gasteiger partial charge >= 0.3 is 0 Å². The van der Waals surface area contributed by atoms with E-state index < -0.39 is 0 Å². The third-order valence-electron chi connectivity index (χ3n) is 2.87. The molecule has 0 aliphatic heterocycles. The fourth-order valence-electron chi connectivity index (χ4n) is 1.81. The van der Waals surface area contributed by atoms with Gasteiger partial charge in [0.1, 0.15) is 16.2 Å². The van der Waals surface area contributed by atoms with Crippen LogP contribution in [0.3, 0.4) is 0 Å². The summed E-state index contributed by atoms with van der Waals surface area (Å²) < 4.78 is 0.834. The van der Waals surface area contributed by atoms with Crippen LogP contribution in [0, 0.1) is 0 Å². The Morgan fingerprint density at radius 2 is 1.84 bits per heavy atom. The molecule has 0 saturated carbocycles. The highest BCUT2D eigenvalue weighted by atomic mass is 79.9. The fourth-order valence-corrected chi connectivity index (χ4v) is 2.20. The SMILES string of the molecule is CC(C)c1nc(Br)cc(N(C)Cc2ccccc2)n1. The molecule has 3 nitrogen and oxygen atoms in total. The third-order valence-corrected chi connectivity index (χ3v) is 3.27. The fraction of sp³-hybridized carbons (Fsp3) is 0.333. The molecule has 2 aromatic rings. The Morgan fingerprint density at radius 1 is 1.16 bits per heavy atom. The van der Waals surface area contributed by atoms with E-state index in [0.29, 0.717) is 5.92 Å². The van der Waals surface area contributed by atoms with E-state index in [9.17, 15) is 0 Å². The van der Waals surface area contributed by atoms with E-state index in [1.807, 2.05) is 19.2 Å². The summed E-state index contributed by atoms with van der Waals surface area (Å²) in [5, 5.41) is 0. The average molecular weight is 320 g/mol. The predicted octanol–water partition coefficient (Wildman–Crippen LogP) is 4.00. The smallest absolute Gasteiger partial charge is 0.134 e. The zero-order chi connectivity index (χ0) is 13.8. The van der Waals surface area contributed by atoms with Crippen molar-refractivity contribution in [1.29, 1.82) is 0 Å². The van der Waals surface area contributed by atoms with E-state index in [4.69, 9.17) is 0 Å². The molecule has 100 valence electrons. The maximum Gasteiger partial charge on any atom is 0.134 e. The highest BCUT2D eigenvalue weighted by Gasteiger charge is 2.10. The van der Waals surface area contributed by atoms with Gasteiger partial charge in [0.15, 0.2) is 0 Å². The quantitative estimate of drug-likeness (QED) is 0.798. The molecule has 0 bridgehead atoms. The number of rotatable bonds is 4. The molecule has 0 aliphatic carbocycles. The minimum absolute atomic E-state index is 0.321. The molecule has 1 aromatic carbocycles. The zero-order valence-corrected chi connectivity index (χ0v) is 13.1. The predicted molar refractivity (Wildman–Crippen MR) is 82.4 cm³/mol. The number of hydrogen-bond acceptors (Lipinski definition) is 3. The number of hydrogen-bond donors (Lipinski definition) is 0. The van der Waals surface area contributed by atoms with Crippen LogP contribution < -0.4 is 4.90 Å². The number of benzene rings is 1. The molecule has 1 heterocycles. The van der Waals surface area contributed by atoms with Crippen LogP contribution in [-0.4, -0.2) is 17.0 Å². The first-order chi connectivity index (χ1) is 9.06. The molecule has 1 aromatic heterocycles. The molecule has 0 aliphatic rings. The summed E-state index contributed by atoms with van der Waals surface area (Å²) in [6, 6.07) is 12.3. The van der Waals surface area contributed by atoms with Gasteiger partial charge in [0, 0.05) is 25.6 Å². The van der Waals surface area contributed by atoms with Crippen molar-refractivity contribution in [3.8, 4) is 0 Å². The molecule has 0 amide bonds. The van der Waals surface area contributed by atoms with E-state index in [1.54, 1.807) is 0 Å². The van der Waals surface area contributed by atoms with E-state index >= 15 is 0 Å². The van der Waals surface area contributed by atoms with Crippen LogP contribution in [0.4, 0.5) is 5.82 Å². The summed E-state index contributed by atoms with van der Waals surface area (Å²) in [4.78, 5) is 11.1. The topological polar surface area (TPSA) is 29.0 Å². The van der Waals surface area contributed by atoms with Gasteiger partial charge in [-0.15, -0.1) is 0 Å². The van der Waals surface area contributed by atoms with Gasteiger partial charge in [0.2, 0.25) is 0 Å². The molecular weight excluding hydrogens is 302 g/mol. The summed E-state index contributed by atoms with van der Waals surface area (Å²) in [7, 11) is 2.05. The molecule has 0 spiro atoms. The van der Waals surface area contributed by atoms with Crippen LogP contribution in [0.25, 0.3) is 0 Å². The molecule has 19 heavy (non-hydrogen) atoms. The Labute approximate surface area is 122 Å². The second kappa shape index (κ2) is 6.15. The monoisotopic (exact) mass is 319 g/mol. The minimum atomic E-state index is 0.321. The minimum Gasteiger partial charge on any atom is -0.355 e. The normalized spacial score (nSPS) is 10.8. The lowest BCUT2D eigenvalue weighted by atomic mass is 10.2. The van der Waals surface area contributed by atoms with Crippen LogP contribution in [-0.2, 0) is 6.54 Å². The second-order valence-corrected chi connectivity index (χ2v) is 5.72. The van der Waals surface area contributed by atoms with Gasteiger partial charge in [-0.05, 0) is 21.5 Å². The van der Waals surface area contributed by atoms with Gasteiger partial charge in [-0.25, -0.2) is 9.97 Å². The van der Waals surface area contributed by atoms with E-state index in [2.05, 4.69) is 68.9 Å². The first kappa shape index (κ1) is 14.0. The first-order valence-electron chi connectivity index (χ1n) is 6.36. The molecule has 0 radical (unpaired) electrons. The standard InChI is InChI=1S/C15H18BrN3/c1-11(2)15-17-13(16)9-14(18-15)19(3)10-12-7-5-4-6-8-12/h4-9,11H,10H2,1-3H3. The summed E-state index contributed by atoms with van der Waals surface area (Å²) in [5.41, 5.74) is 1.27. The molecular formula is C15H18BrN3. The van der Waals surface area contributed by atoms with Crippen LogP contribution in [0.2, 0.25) is 0 Å². The van der Waals surface area contributed by atoms with Crippen molar-refractivity contribution in [3.05, 3.63) is 52.4 Å². The molecule has 4 heteroatoms. The number of halogens is 1. The lowest BCUT2D eigenvalue weighted by molar-refractivity contribution is 0.757. The van der Waals surface area contributed by atoms with Crippen molar-refractivity contribution >= 4 is 21.7 Å². The van der Waals surface area contributed by atoms with Gasteiger partial charge in [0.05, 0.1) is 0 Å². The Morgan fingerprint density at radius 3 is 2.47 bits per heavy atom. The highest BCUT2D eigenvalue weighted by molar-refractivity contribution is 9.10. The van der Waals surface area contributed by atoms with Gasteiger partial charge in [-0.3, -0.25) is 0 Å². The van der Waals surface area contributed by atoms with Crippen LogP contribution in [0.1, 0.15) is 31.2 Å². The lowest BCUT2D eigenvalue weighted by Gasteiger charge is -2.19. The molecule has 0 saturated heterocycles. The van der Waals surface area contributed by atoms with E-state index in [1.165, 1.54) is 5.56 Å². The second-order valence-electron chi connectivity index (χ2n) is 4.90. The van der Waals surface area contributed by atoms with Gasteiger partial charge < -0.3 is 4.90 Å². The largest absolute Gasteiger partial charge is 0.355 e. The molecule has 0 fully saturated rings. The van der Waals surface area contributed by atoms with Crippen molar-refractivity contribution in [2.75, 3.05) is 11.9 Å². The molecule has 0 N–H and O–H groups in total. The highest BCUT2D eigenvalue weighted by Crippen LogP contribution is 2.20. The Kier molecular flexibility index (Phi) is 4.53. The maximum absolute atomic E-state index is 4.61. The molecule has 2 rings (SSSR count). The molecule has 0 unspecified atom stereocenters. The van der Waals surface area contributed by atoms with Crippen molar-refractivity contribution in [1.82, 2.24) is 9.97 Å². The number of anilines is 1. The van der Waals surface area contributed by atoms with Gasteiger partial charge in [-0.2, -0.15) is 0 Å². The van der Waals surface area contributed by atoms with E-state index in [-0.39, 0.29) is 0 Å². The Bertz CT molecular complexity index is 540. The third kappa shape index (κ3) is 3.77. The summed E-state index contributed by atoms with van der Waals surface area (Å²) >= 11 is 3.46. The van der Waals surface area contributed by atoms with Crippen molar-refractivity contribution in [3.63, 3.8) is 0 Å². The van der Waals surface area contributed by atoms with Crippen molar-refractivity contribution in [2.45, 2.75) is 26.3 Å². The van der Waals surface area contributed by atoms with Gasteiger partial charge in [-0.1, -0.05) is 44.2 Å². The van der Waals surface area contributed by atoms with E-state index in [0.717, 1.165) is 22.8 Å². The Balaban J connectivity index is 2.21. The summed E-state index contributed by atoms with van der Waals surface area (Å²) in [6.45, 7) is 5.04. The van der Waals surface area contributed by atoms with Crippen LogP contribution in [0.5, 0.6) is 0 Å². The first-order valence-corrected chi connectivity index (χ1v) is 7.15.